The molecular weight excluding hydrogens is 317 g/mol. The zero-order valence-corrected chi connectivity index (χ0v) is 14.1. The average Bonchev–Trinajstić information content (AvgIpc) is 2.85. The van der Waals surface area contributed by atoms with Crippen LogP contribution in [0.1, 0.15) is 17.4 Å². The number of amides is 1. The van der Waals surface area contributed by atoms with Gasteiger partial charge in [0.25, 0.3) is 0 Å². The quantitative estimate of drug-likeness (QED) is 0.857. The smallest absolute Gasteiger partial charge is 0.224 e. The molecule has 0 saturated carbocycles. The molecule has 0 radical (unpaired) electrons. The van der Waals surface area contributed by atoms with Crippen LogP contribution >= 0.6 is 36.2 Å². The number of fused-ring (bicyclic) bond motifs is 1. The minimum atomic E-state index is -0.0881. The maximum Gasteiger partial charge on any atom is 0.224 e. The molecule has 2 heterocycles. The van der Waals surface area contributed by atoms with E-state index in [0.717, 1.165) is 26.1 Å². The Hall–Kier alpha value is -0.330. The first kappa shape index (κ1) is 19.7. The molecule has 4 nitrogen and oxygen atoms in total. The Morgan fingerprint density at radius 3 is 3.00 bits per heavy atom. The van der Waals surface area contributed by atoms with E-state index in [1.54, 1.807) is 0 Å². The van der Waals surface area contributed by atoms with Crippen LogP contribution in [0.15, 0.2) is 11.4 Å². The highest BCUT2D eigenvalue weighted by molar-refractivity contribution is 7.10. The second kappa shape index (κ2) is 9.58. The molecule has 0 fully saturated rings. The maximum absolute atomic E-state index is 11.6. The van der Waals surface area contributed by atoms with Gasteiger partial charge in [-0.3, -0.25) is 9.69 Å². The van der Waals surface area contributed by atoms with Crippen molar-refractivity contribution in [3.63, 3.8) is 0 Å². The van der Waals surface area contributed by atoms with Crippen molar-refractivity contribution in [3.05, 3.63) is 21.9 Å². The maximum atomic E-state index is 11.6. The van der Waals surface area contributed by atoms with Gasteiger partial charge in [-0.05, 0) is 23.4 Å². The molecule has 1 atom stereocenters. The van der Waals surface area contributed by atoms with Crippen LogP contribution in [0.5, 0.6) is 0 Å². The van der Waals surface area contributed by atoms with Gasteiger partial charge in [-0.25, -0.2) is 0 Å². The summed E-state index contributed by atoms with van der Waals surface area (Å²) in [4.78, 5) is 15.5. The van der Waals surface area contributed by atoms with Gasteiger partial charge in [0.15, 0.2) is 0 Å². The predicted molar refractivity (Wildman–Crippen MR) is 89.0 cm³/mol. The van der Waals surface area contributed by atoms with E-state index < -0.39 is 0 Å². The fourth-order valence-corrected chi connectivity index (χ4v) is 3.01. The number of nitrogens with zero attached hydrogens (tertiary/aromatic N) is 1. The second-order valence-corrected chi connectivity index (χ2v) is 5.82. The summed E-state index contributed by atoms with van der Waals surface area (Å²) >= 11 is 1.85. The minimum absolute atomic E-state index is 0. The largest absolute Gasteiger partial charge is 0.355 e. The molecule has 116 valence electrons. The number of rotatable bonds is 5. The lowest BCUT2D eigenvalue weighted by atomic mass is 10.1. The Morgan fingerprint density at radius 1 is 1.55 bits per heavy atom. The number of halogens is 2. The van der Waals surface area contributed by atoms with Crippen molar-refractivity contribution in [3.8, 4) is 0 Å². The zero-order valence-electron chi connectivity index (χ0n) is 11.6. The summed E-state index contributed by atoms with van der Waals surface area (Å²) < 4.78 is 0. The fraction of sp³-hybridized carbons (Fsp3) is 0.615. The number of nitrogens with one attached hydrogen (secondary N) is 1. The average molecular weight is 340 g/mol. The first-order valence-electron chi connectivity index (χ1n) is 6.46. The van der Waals surface area contributed by atoms with E-state index in [2.05, 4.69) is 21.7 Å². The van der Waals surface area contributed by atoms with Gasteiger partial charge in [0.2, 0.25) is 5.91 Å². The van der Waals surface area contributed by atoms with E-state index in [1.165, 1.54) is 10.4 Å². The molecular formula is C13H23Cl2N3OS. The van der Waals surface area contributed by atoms with E-state index in [0.29, 0.717) is 13.1 Å². The Bertz CT molecular complexity index is 414. The molecule has 1 aliphatic rings. The summed E-state index contributed by atoms with van der Waals surface area (Å²) in [6.45, 7) is 6.00. The van der Waals surface area contributed by atoms with Gasteiger partial charge >= 0.3 is 0 Å². The third kappa shape index (κ3) is 5.22. The van der Waals surface area contributed by atoms with Gasteiger partial charge < -0.3 is 11.1 Å². The molecule has 3 N–H and O–H groups in total. The van der Waals surface area contributed by atoms with Gasteiger partial charge in [0.05, 0.1) is 0 Å². The Labute approximate surface area is 136 Å². The Balaban J connectivity index is 0.00000180. The third-order valence-electron chi connectivity index (χ3n) is 3.42. The van der Waals surface area contributed by atoms with Crippen molar-refractivity contribution in [1.82, 2.24) is 10.2 Å². The van der Waals surface area contributed by atoms with Gasteiger partial charge in [-0.1, -0.05) is 6.92 Å². The highest BCUT2D eigenvalue weighted by Gasteiger charge is 2.17. The van der Waals surface area contributed by atoms with Crippen LogP contribution in [0.3, 0.4) is 0 Å². The SMILES string of the molecule is CC(CN)C(=O)NCCN1CCc2sccc2C1.Cl.Cl. The summed E-state index contributed by atoms with van der Waals surface area (Å²) in [5.41, 5.74) is 6.91. The lowest BCUT2D eigenvalue weighted by molar-refractivity contribution is -0.124. The third-order valence-corrected chi connectivity index (χ3v) is 4.44. The van der Waals surface area contributed by atoms with E-state index in [1.807, 2.05) is 18.3 Å². The van der Waals surface area contributed by atoms with Crippen LogP contribution in [-0.4, -0.2) is 37.0 Å². The van der Waals surface area contributed by atoms with Crippen LogP contribution in [0.2, 0.25) is 0 Å². The molecule has 1 amide bonds. The van der Waals surface area contributed by atoms with Crippen molar-refractivity contribution >= 4 is 42.1 Å². The van der Waals surface area contributed by atoms with Crippen LogP contribution in [-0.2, 0) is 17.8 Å². The number of carbonyl (C=O) groups is 1. The van der Waals surface area contributed by atoms with E-state index in [9.17, 15) is 4.79 Å². The van der Waals surface area contributed by atoms with E-state index in [4.69, 9.17) is 5.73 Å². The number of nitrogens with two attached hydrogens (primary N) is 1. The lowest BCUT2D eigenvalue weighted by Crippen LogP contribution is -2.40. The molecule has 1 aromatic heterocycles. The number of hydrogen-bond donors (Lipinski definition) is 2. The molecule has 0 bridgehead atoms. The Kier molecular flexibility index (Phi) is 9.42. The molecule has 20 heavy (non-hydrogen) atoms. The van der Waals surface area contributed by atoms with Crippen molar-refractivity contribution < 1.29 is 4.79 Å². The molecule has 0 spiro atoms. The molecule has 0 aromatic carbocycles. The molecule has 7 heteroatoms. The van der Waals surface area contributed by atoms with E-state index >= 15 is 0 Å². The van der Waals surface area contributed by atoms with Crippen LogP contribution < -0.4 is 11.1 Å². The monoisotopic (exact) mass is 339 g/mol. The molecule has 1 unspecified atom stereocenters. The zero-order chi connectivity index (χ0) is 13.0. The molecule has 0 aliphatic carbocycles. The van der Waals surface area contributed by atoms with Crippen molar-refractivity contribution in [2.45, 2.75) is 19.9 Å². The van der Waals surface area contributed by atoms with Gasteiger partial charge in [0, 0.05) is 43.5 Å². The first-order chi connectivity index (χ1) is 8.70. The normalized spacial score (nSPS) is 15.5. The van der Waals surface area contributed by atoms with Crippen LogP contribution in [0, 0.1) is 5.92 Å². The summed E-state index contributed by atoms with van der Waals surface area (Å²) in [6, 6.07) is 2.21. The number of carbonyl (C=O) groups excluding carboxylic acids is 1. The summed E-state index contributed by atoms with van der Waals surface area (Å²) in [6.07, 6.45) is 1.14. The minimum Gasteiger partial charge on any atom is -0.355 e. The van der Waals surface area contributed by atoms with Gasteiger partial charge in [-0.15, -0.1) is 36.2 Å². The van der Waals surface area contributed by atoms with Crippen molar-refractivity contribution in [2.24, 2.45) is 11.7 Å². The number of thiophene rings is 1. The number of hydrogen-bond acceptors (Lipinski definition) is 4. The standard InChI is InChI=1S/C13H21N3OS.2ClH/c1-10(8-14)13(17)15-4-6-16-5-2-12-11(9-16)3-7-18-12;;/h3,7,10H,2,4-6,8-9,14H2,1H3,(H,15,17);2*1H. The predicted octanol–water partition coefficient (Wildman–Crippen LogP) is 1.66. The highest BCUT2D eigenvalue weighted by Crippen LogP contribution is 2.23. The molecule has 0 saturated heterocycles. The van der Waals surface area contributed by atoms with Crippen molar-refractivity contribution in [1.29, 1.82) is 0 Å². The second-order valence-electron chi connectivity index (χ2n) is 4.82. The topological polar surface area (TPSA) is 58.4 Å². The van der Waals surface area contributed by atoms with Gasteiger partial charge in [0.1, 0.15) is 0 Å². The van der Waals surface area contributed by atoms with Crippen LogP contribution in [0.25, 0.3) is 0 Å². The molecule has 2 rings (SSSR count). The summed E-state index contributed by atoms with van der Waals surface area (Å²) in [7, 11) is 0. The van der Waals surface area contributed by atoms with Crippen LogP contribution in [0.4, 0.5) is 0 Å². The lowest BCUT2D eigenvalue weighted by Gasteiger charge is -2.26. The molecule has 1 aromatic rings. The fourth-order valence-electron chi connectivity index (χ4n) is 2.12. The summed E-state index contributed by atoms with van der Waals surface area (Å²) in [5.74, 6) is -0.0273. The summed E-state index contributed by atoms with van der Waals surface area (Å²) in [5, 5.41) is 5.11. The highest BCUT2D eigenvalue weighted by atomic mass is 35.5. The first-order valence-corrected chi connectivity index (χ1v) is 7.34. The van der Waals surface area contributed by atoms with Gasteiger partial charge in [-0.2, -0.15) is 0 Å². The van der Waals surface area contributed by atoms with E-state index in [-0.39, 0.29) is 36.6 Å². The Morgan fingerprint density at radius 2 is 2.30 bits per heavy atom. The molecule has 1 aliphatic heterocycles. The van der Waals surface area contributed by atoms with Crippen molar-refractivity contribution in [2.75, 3.05) is 26.2 Å².